The van der Waals surface area contributed by atoms with Crippen LogP contribution in [0.15, 0.2) is 34.8 Å². The van der Waals surface area contributed by atoms with E-state index in [1.807, 2.05) is 18.2 Å². The van der Waals surface area contributed by atoms with E-state index >= 15 is 0 Å². The van der Waals surface area contributed by atoms with Gasteiger partial charge in [-0.2, -0.15) is 0 Å². The lowest BCUT2D eigenvalue weighted by Gasteiger charge is -2.16. The first-order valence-electron chi connectivity index (χ1n) is 5.79. The zero-order valence-electron chi connectivity index (χ0n) is 9.82. The molecule has 0 aliphatic carbocycles. The van der Waals surface area contributed by atoms with E-state index in [9.17, 15) is 0 Å². The Kier molecular flexibility index (Phi) is 3.39. The van der Waals surface area contributed by atoms with Gasteiger partial charge in [0.2, 0.25) is 0 Å². The third-order valence-corrected chi connectivity index (χ3v) is 5.77. The normalized spacial score (nSPS) is 19.4. The second-order valence-corrected chi connectivity index (χ2v) is 7.05. The monoisotopic (exact) mass is 342 g/mol. The van der Waals surface area contributed by atoms with Crippen LogP contribution in [0.1, 0.15) is 20.7 Å². The highest BCUT2D eigenvalue weighted by atomic mass is 79.9. The van der Waals surface area contributed by atoms with Crippen molar-refractivity contribution < 1.29 is 4.74 Å². The third-order valence-electron chi connectivity index (χ3n) is 3.09. The minimum absolute atomic E-state index is 0.0263. The molecule has 3 rings (SSSR count). The van der Waals surface area contributed by atoms with Gasteiger partial charge in [0.15, 0.2) is 0 Å². The van der Waals surface area contributed by atoms with Crippen molar-refractivity contribution in [2.45, 2.75) is 24.8 Å². The molecule has 0 spiro atoms. The predicted octanol–water partition coefficient (Wildman–Crippen LogP) is 5.10. The lowest BCUT2D eigenvalue weighted by atomic mass is 10.1. The molecule has 0 radical (unpaired) electrons. The summed E-state index contributed by atoms with van der Waals surface area (Å²) in [6.07, 6.45) is 0.909. The van der Waals surface area contributed by atoms with Gasteiger partial charge in [0.1, 0.15) is 17.2 Å². The van der Waals surface area contributed by atoms with E-state index in [2.05, 4.69) is 35.0 Å². The van der Waals surface area contributed by atoms with E-state index in [0.717, 1.165) is 21.5 Å². The first-order valence-corrected chi connectivity index (χ1v) is 7.84. The largest absolute Gasteiger partial charge is 0.488 e. The van der Waals surface area contributed by atoms with Crippen LogP contribution in [0.5, 0.6) is 5.75 Å². The molecule has 0 amide bonds. The Morgan fingerprint density at radius 1 is 1.44 bits per heavy atom. The molecule has 18 heavy (non-hydrogen) atoms. The molecule has 2 aromatic rings. The zero-order valence-corrected chi connectivity index (χ0v) is 13.0. The maximum atomic E-state index is 6.58. The molecule has 0 saturated carbocycles. The molecular weight excluding hydrogens is 332 g/mol. The molecule has 1 nitrogen and oxygen atoms in total. The zero-order chi connectivity index (χ0) is 12.7. The van der Waals surface area contributed by atoms with Crippen molar-refractivity contribution in [2.24, 2.45) is 0 Å². The van der Waals surface area contributed by atoms with Crippen molar-refractivity contribution in [2.75, 3.05) is 0 Å². The van der Waals surface area contributed by atoms with Crippen LogP contribution >= 0.6 is 38.9 Å². The molecule has 94 valence electrons. The number of para-hydroxylation sites is 1. The summed E-state index contributed by atoms with van der Waals surface area (Å²) >= 11 is 11.9. The maximum absolute atomic E-state index is 6.58. The second-order valence-electron chi connectivity index (χ2n) is 4.44. The number of halogens is 2. The lowest BCUT2D eigenvalue weighted by molar-refractivity contribution is 0.228. The molecule has 0 saturated heterocycles. The third kappa shape index (κ3) is 2.20. The lowest BCUT2D eigenvalue weighted by Crippen LogP contribution is -2.18. The van der Waals surface area contributed by atoms with Crippen molar-refractivity contribution in [1.82, 2.24) is 0 Å². The maximum Gasteiger partial charge on any atom is 0.124 e. The number of benzene rings is 1. The molecule has 1 aromatic heterocycles. The summed E-state index contributed by atoms with van der Waals surface area (Å²) in [7, 11) is 0. The number of fused-ring (bicyclic) bond motifs is 1. The van der Waals surface area contributed by atoms with Crippen LogP contribution in [0.25, 0.3) is 0 Å². The quantitative estimate of drug-likeness (QED) is 0.689. The van der Waals surface area contributed by atoms with Gasteiger partial charge in [0, 0.05) is 20.6 Å². The van der Waals surface area contributed by atoms with Gasteiger partial charge >= 0.3 is 0 Å². The first kappa shape index (κ1) is 12.5. The highest BCUT2D eigenvalue weighted by Gasteiger charge is 2.31. The number of aryl methyl sites for hydroxylation is 1. The van der Waals surface area contributed by atoms with Gasteiger partial charge in [-0.05, 0) is 40.5 Å². The average molecular weight is 344 g/mol. The molecule has 1 aromatic carbocycles. The van der Waals surface area contributed by atoms with Crippen LogP contribution < -0.4 is 4.74 Å². The fraction of sp³-hybridized carbons (Fsp3) is 0.286. The van der Waals surface area contributed by atoms with Gasteiger partial charge in [0.25, 0.3) is 0 Å². The number of alkyl halides is 1. The Morgan fingerprint density at radius 2 is 2.22 bits per heavy atom. The second kappa shape index (κ2) is 4.87. The summed E-state index contributed by atoms with van der Waals surface area (Å²) < 4.78 is 7.03. The molecule has 1 aliphatic heterocycles. The van der Waals surface area contributed by atoms with Gasteiger partial charge in [-0.1, -0.05) is 18.2 Å². The summed E-state index contributed by atoms with van der Waals surface area (Å²) in [5, 5.41) is -0.106. The molecule has 0 bridgehead atoms. The van der Waals surface area contributed by atoms with Gasteiger partial charge in [-0.25, -0.2) is 0 Å². The number of ether oxygens (including phenoxy) is 1. The molecule has 2 atom stereocenters. The summed E-state index contributed by atoms with van der Waals surface area (Å²) in [4.78, 5) is 2.42. The molecule has 2 unspecified atom stereocenters. The Morgan fingerprint density at radius 3 is 2.89 bits per heavy atom. The summed E-state index contributed by atoms with van der Waals surface area (Å²) in [5.41, 5.74) is 1.25. The van der Waals surface area contributed by atoms with Crippen LogP contribution in [-0.4, -0.2) is 6.10 Å². The smallest absolute Gasteiger partial charge is 0.124 e. The van der Waals surface area contributed by atoms with Crippen molar-refractivity contribution in [3.8, 4) is 5.75 Å². The van der Waals surface area contributed by atoms with Crippen LogP contribution in [0.4, 0.5) is 0 Å². The van der Waals surface area contributed by atoms with Gasteiger partial charge in [0.05, 0.1) is 0 Å². The first-order chi connectivity index (χ1) is 8.65. The standard InChI is InChI=1S/C14H12BrClOS/c1-8-6-10(15)14(18-8)13(16)12-7-9-4-2-3-5-11(9)17-12/h2-6,12-13H,7H2,1H3. The fourth-order valence-corrected chi connectivity index (χ4v) is 4.68. The number of rotatable bonds is 2. The molecule has 1 aliphatic rings. The summed E-state index contributed by atoms with van der Waals surface area (Å²) in [5.74, 6) is 0.970. The number of hydrogen-bond donors (Lipinski definition) is 0. The summed E-state index contributed by atoms with van der Waals surface area (Å²) in [6, 6.07) is 10.3. The summed E-state index contributed by atoms with van der Waals surface area (Å²) in [6.45, 7) is 2.09. The van der Waals surface area contributed by atoms with Gasteiger partial charge in [-0.15, -0.1) is 22.9 Å². The fourth-order valence-electron chi connectivity index (χ4n) is 2.23. The van der Waals surface area contributed by atoms with Crippen molar-refractivity contribution in [3.63, 3.8) is 0 Å². The molecule has 0 fully saturated rings. The van der Waals surface area contributed by atoms with E-state index < -0.39 is 0 Å². The van der Waals surface area contributed by atoms with Crippen LogP contribution in [-0.2, 0) is 6.42 Å². The highest BCUT2D eigenvalue weighted by molar-refractivity contribution is 9.10. The Balaban J connectivity index is 1.84. The van der Waals surface area contributed by atoms with Crippen molar-refractivity contribution in [1.29, 1.82) is 0 Å². The SMILES string of the molecule is Cc1cc(Br)c(C(Cl)C2Cc3ccccc3O2)s1. The minimum Gasteiger partial charge on any atom is -0.488 e. The van der Waals surface area contributed by atoms with E-state index in [-0.39, 0.29) is 11.5 Å². The van der Waals surface area contributed by atoms with Crippen LogP contribution in [0.3, 0.4) is 0 Å². The van der Waals surface area contributed by atoms with Crippen molar-refractivity contribution in [3.05, 3.63) is 50.1 Å². The topological polar surface area (TPSA) is 9.23 Å². The van der Waals surface area contributed by atoms with E-state index in [1.165, 1.54) is 10.4 Å². The van der Waals surface area contributed by atoms with Gasteiger partial charge in [-0.3, -0.25) is 0 Å². The number of thiophene rings is 1. The van der Waals surface area contributed by atoms with Gasteiger partial charge < -0.3 is 4.74 Å². The Hall–Kier alpha value is -0.510. The Bertz CT molecular complexity index is 556. The predicted molar refractivity (Wildman–Crippen MR) is 79.9 cm³/mol. The molecule has 2 heterocycles. The minimum atomic E-state index is -0.106. The highest BCUT2D eigenvalue weighted by Crippen LogP contribution is 2.42. The number of hydrogen-bond acceptors (Lipinski definition) is 2. The van der Waals surface area contributed by atoms with Crippen LogP contribution in [0, 0.1) is 6.92 Å². The van der Waals surface area contributed by atoms with E-state index in [1.54, 1.807) is 11.3 Å². The molecule has 0 N–H and O–H groups in total. The van der Waals surface area contributed by atoms with Crippen molar-refractivity contribution >= 4 is 38.9 Å². The Labute approximate surface area is 124 Å². The van der Waals surface area contributed by atoms with E-state index in [4.69, 9.17) is 16.3 Å². The molecular formula is C14H12BrClOS. The van der Waals surface area contributed by atoms with E-state index in [0.29, 0.717) is 0 Å². The average Bonchev–Trinajstić information content (AvgIpc) is 2.91. The van der Waals surface area contributed by atoms with Crippen LogP contribution in [0.2, 0.25) is 0 Å². The molecule has 4 heteroatoms.